The van der Waals surface area contributed by atoms with Gasteiger partial charge < -0.3 is 0 Å². The number of nitro benzene ring substituents is 1. The molecule has 0 saturated carbocycles. The van der Waals surface area contributed by atoms with Crippen LogP contribution in [0.3, 0.4) is 0 Å². The van der Waals surface area contributed by atoms with Gasteiger partial charge in [-0.1, -0.05) is 24.3 Å². The number of benzene rings is 2. The number of nitro groups is 1. The van der Waals surface area contributed by atoms with Crippen LogP contribution in [0.1, 0.15) is 5.56 Å². The van der Waals surface area contributed by atoms with Gasteiger partial charge in [0.15, 0.2) is 0 Å². The smallest absolute Gasteiger partial charge is 0.258 e. The first-order chi connectivity index (χ1) is 7.24. The van der Waals surface area contributed by atoms with Crippen molar-refractivity contribution in [3.05, 3.63) is 59.0 Å². The molecular weight excluding hydrogens is 190 g/mol. The van der Waals surface area contributed by atoms with Gasteiger partial charge in [-0.2, -0.15) is 0 Å². The molecule has 0 bridgehead atoms. The van der Waals surface area contributed by atoms with E-state index in [9.17, 15) is 10.1 Å². The fourth-order valence-corrected chi connectivity index (χ4v) is 1.76. The highest BCUT2D eigenvalue weighted by molar-refractivity contribution is 5.88. The third kappa shape index (κ3) is 1.56. The molecule has 2 rings (SSSR count). The average molecular weight is 200 g/mol. The minimum absolute atomic E-state index is 0.156. The number of fused-ring (bicyclic) bond motifs is 1. The molecule has 3 nitrogen and oxygen atoms in total. The van der Waals surface area contributed by atoms with Gasteiger partial charge in [-0.15, -0.1) is 0 Å². The molecule has 0 aliphatic heterocycles. The van der Waals surface area contributed by atoms with E-state index in [1.165, 1.54) is 0 Å². The minimum atomic E-state index is -0.354. The maximum absolute atomic E-state index is 10.8. The summed E-state index contributed by atoms with van der Waals surface area (Å²) in [7, 11) is 0. The molecule has 15 heavy (non-hydrogen) atoms. The first-order valence-electron chi connectivity index (χ1n) is 4.68. The molecule has 2 aromatic rings. The summed E-state index contributed by atoms with van der Waals surface area (Å²) in [5.41, 5.74) is 0.863. The molecule has 3 heteroatoms. The van der Waals surface area contributed by atoms with Crippen LogP contribution in [0.5, 0.6) is 0 Å². The molecule has 0 amide bonds. The molecule has 0 spiro atoms. The topological polar surface area (TPSA) is 43.1 Å². The third-order valence-corrected chi connectivity index (χ3v) is 2.46. The molecule has 0 heterocycles. The Bertz CT molecular complexity index is 520. The number of nitrogens with zero attached hydrogens (tertiary/aromatic N) is 1. The molecule has 0 aromatic heterocycles. The summed E-state index contributed by atoms with van der Waals surface area (Å²) in [6, 6.07) is 10.9. The third-order valence-electron chi connectivity index (χ3n) is 2.46. The molecule has 0 saturated heterocycles. The molecule has 0 atom stereocenters. The molecule has 0 aliphatic rings. The Labute approximate surface area is 87.5 Å². The Morgan fingerprint density at radius 1 is 1.20 bits per heavy atom. The van der Waals surface area contributed by atoms with E-state index in [0.29, 0.717) is 12.0 Å². The SMILES string of the molecule is [CH2]Cc1c([N+](=O)[O-])ccc2ccccc12. The monoisotopic (exact) mass is 200 g/mol. The van der Waals surface area contributed by atoms with Crippen LogP contribution in [0.25, 0.3) is 10.8 Å². The maximum atomic E-state index is 10.8. The second kappa shape index (κ2) is 3.69. The van der Waals surface area contributed by atoms with Gasteiger partial charge in [0, 0.05) is 11.6 Å². The summed E-state index contributed by atoms with van der Waals surface area (Å²) in [5, 5.41) is 12.7. The van der Waals surface area contributed by atoms with Gasteiger partial charge in [0.25, 0.3) is 5.69 Å². The second-order valence-electron chi connectivity index (χ2n) is 3.29. The van der Waals surface area contributed by atoms with Gasteiger partial charge in [-0.05, 0) is 30.2 Å². The van der Waals surface area contributed by atoms with Crippen molar-refractivity contribution in [2.24, 2.45) is 0 Å². The van der Waals surface area contributed by atoms with Crippen LogP contribution in [0.15, 0.2) is 36.4 Å². The fourth-order valence-electron chi connectivity index (χ4n) is 1.76. The summed E-state index contributed by atoms with van der Waals surface area (Å²) < 4.78 is 0. The van der Waals surface area contributed by atoms with Gasteiger partial charge in [-0.3, -0.25) is 10.1 Å². The first kappa shape index (κ1) is 9.65. The van der Waals surface area contributed by atoms with Crippen LogP contribution >= 0.6 is 0 Å². The van der Waals surface area contributed by atoms with Crippen molar-refractivity contribution in [1.29, 1.82) is 0 Å². The van der Waals surface area contributed by atoms with E-state index in [-0.39, 0.29) is 10.6 Å². The summed E-state index contributed by atoms with van der Waals surface area (Å²) in [4.78, 5) is 10.4. The maximum Gasteiger partial charge on any atom is 0.273 e. The second-order valence-corrected chi connectivity index (χ2v) is 3.29. The van der Waals surface area contributed by atoms with E-state index in [1.54, 1.807) is 12.1 Å². The predicted molar refractivity (Wildman–Crippen MR) is 59.7 cm³/mol. The molecule has 0 N–H and O–H groups in total. The van der Waals surface area contributed by atoms with Crippen molar-refractivity contribution in [3.8, 4) is 0 Å². The normalized spacial score (nSPS) is 10.5. The van der Waals surface area contributed by atoms with Gasteiger partial charge in [0.05, 0.1) is 4.92 Å². The molecular formula is C12H10NO2. The number of rotatable bonds is 2. The molecule has 2 aromatic carbocycles. The highest BCUT2D eigenvalue weighted by atomic mass is 16.6. The lowest BCUT2D eigenvalue weighted by Gasteiger charge is -2.04. The van der Waals surface area contributed by atoms with Crippen LogP contribution in [0, 0.1) is 17.0 Å². The Kier molecular flexibility index (Phi) is 2.37. The van der Waals surface area contributed by atoms with E-state index in [1.807, 2.05) is 24.3 Å². The lowest BCUT2D eigenvalue weighted by Crippen LogP contribution is -1.95. The van der Waals surface area contributed by atoms with Crippen LogP contribution in [0.2, 0.25) is 0 Å². The van der Waals surface area contributed by atoms with Crippen molar-refractivity contribution < 1.29 is 4.92 Å². The number of hydrogen-bond acceptors (Lipinski definition) is 2. The van der Waals surface area contributed by atoms with Crippen LogP contribution in [-0.4, -0.2) is 4.92 Å². The van der Waals surface area contributed by atoms with Gasteiger partial charge in [0.1, 0.15) is 0 Å². The molecule has 0 unspecified atom stereocenters. The Morgan fingerprint density at radius 2 is 1.93 bits per heavy atom. The Balaban J connectivity index is 2.81. The van der Waals surface area contributed by atoms with Crippen LogP contribution in [0.4, 0.5) is 5.69 Å². The lowest BCUT2D eigenvalue weighted by atomic mass is 10.0. The summed E-state index contributed by atoms with van der Waals surface area (Å²) in [5.74, 6) is 0. The lowest BCUT2D eigenvalue weighted by molar-refractivity contribution is -0.385. The van der Waals surface area contributed by atoms with Crippen molar-refractivity contribution in [1.82, 2.24) is 0 Å². The summed E-state index contributed by atoms with van der Waals surface area (Å²) in [6.07, 6.45) is 0.428. The standard InChI is InChI=1S/C12H10NO2/c1-2-10-11-6-4-3-5-9(11)7-8-12(10)13(14)15/h3-8H,1-2H2. The molecule has 75 valence electrons. The van der Waals surface area contributed by atoms with E-state index in [4.69, 9.17) is 0 Å². The van der Waals surface area contributed by atoms with Gasteiger partial charge in [0.2, 0.25) is 0 Å². The molecule has 0 fully saturated rings. The largest absolute Gasteiger partial charge is 0.273 e. The average Bonchev–Trinajstić information content (AvgIpc) is 2.27. The van der Waals surface area contributed by atoms with Crippen LogP contribution in [-0.2, 0) is 6.42 Å². The summed E-state index contributed by atoms with van der Waals surface area (Å²) in [6.45, 7) is 3.74. The van der Waals surface area contributed by atoms with Crippen LogP contribution < -0.4 is 0 Å². The first-order valence-corrected chi connectivity index (χ1v) is 4.68. The summed E-state index contributed by atoms with van der Waals surface area (Å²) >= 11 is 0. The van der Waals surface area contributed by atoms with Crippen molar-refractivity contribution in [3.63, 3.8) is 0 Å². The highest BCUT2D eigenvalue weighted by Crippen LogP contribution is 2.27. The van der Waals surface area contributed by atoms with E-state index < -0.39 is 0 Å². The fraction of sp³-hybridized carbons (Fsp3) is 0.0833. The van der Waals surface area contributed by atoms with Gasteiger partial charge in [-0.25, -0.2) is 0 Å². The quantitative estimate of drug-likeness (QED) is 0.552. The number of hydrogen-bond donors (Lipinski definition) is 0. The molecule has 1 radical (unpaired) electrons. The van der Waals surface area contributed by atoms with Crippen molar-refractivity contribution >= 4 is 16.5 Å². The Morgan fingerprint density at radius 3 is 2.60 bits per heavy atom. The minimum Gasteiger partial charge on any atom is -0.258 e. The zero-order chi connectivity index (χ0) is 10.8. The zero-order valence-corrected chi connectivity index (χ0v) is 8.14. The Hall–Kier alpha value is -1.90. The van der Waals surface area contributed by atoms with E-state index >= 15 is 0 Å². The van der Waals surface area contributed by atoms with Gasteiger partial charge >= 0.3 is 0 Å². The highest BCUT2D eigenvalue weighted by Gasteiger charge is 2.14. The zero-order valence-electron chi connectivity index (χ0n) is 8.14. The van der Waals surface area contributed by atoms with E-state index in [2.05, 4.69) is 6.92 Å². The van der Waals surface area contributed by atoms with Crippen molar-refractivity contribution in [2.75, 3.05) is 0 Å². The molecule has 0 aliphatic carbocycles. The predicted octanol–water partition coefficient (Wildman–Crippen LogP) is 3.12. The van der Waals surface area contributed by atoms with E-state index in [0.717, 1.165) is 10.8 Å². The van der Waals surface area contributed by atoms with Crippen molar-refractivity contribution in [2.45, 2.75) is 6.42 Å².